The summed E-state index contributed by atoms with van der Waals surface area (Å²) >= 11 is 0. The van der Waals surface area contributed by atoms with Crippen LogP contribution in [0.2, 0.25) is 0 Å². The van der Waals surface area contributed by atoms with Crippen LogP contribution in [0.25, 0.3) is 21.5 Å². The summed E-state index contributed by atoms with van der Waals surface area (Å²) in [7, 11) is 4.59. The zero-order valence-corrected chi connectivity index (χ0v) is 25.8. The number of nitrogens with zero attached hydrogens (tertiary/aromatic N) is 2. The third-order valence-corrected chi connectivity index (χ3v) is 11.4. The summed E-state index contributed by atoms with van der Waals surface area (Å²) in [5, 5.41) is 5.43. The molecule has 2 heterocycles. The van der Waals surface area contributed by atoms with Gasteiger partial charge in [0.05, 0.1) is 16.5 Å². The minimum atomic E-state index is 0.135. The van der Waals surface area contributed by atoms with E-state index in [1.54, 1.807) is 0 Å². The van der Waals surface area contributed by atoms with Crippen LogP contribution in [-0.4, -0.2) is 24.4 Å². The van der Waals surface area contributed by atoms with E-state index in [9.17, 15) is 0 Å². The smallest absolute Gasteiger partial charge is 0.217 e. The lowest BCUT2D eigenvalue weighted by atomic mass is 9.67. The normalized spacial score (nSPS) is 21.8. The summed E-state index contributed by atoms with van der Waals surface area (Å²) < 4.78 is 2.51. The van der Waals surface area contributed by atoms with Crippen molar-refractivity contribution in [2.75, 3.05) is 19.0 Å². The molecule has 2 fully saturated rings. The van der Waals surface area contributed by atoms with Gasteiger partial charge in [0.2, 0.25) is 5.69 Å². The van der Waals surface area contributed by atoms with Gasteiger partial charge in [-0.3, -0.25) is 0 Å². The highest BCUT2D eigenvalue weighted by Gasteiger charge is 2.51. The molecule has 2 saturated carbocycles. The van der Waals surface area contributed by atoms with Crippen LogP contribution in [0.5, 0.6) is 0 Å². The van der Waals surface area contributed by atoms with Crippen LogP contribution in [0.3, 0.4) is 0 Å². The Morgan fingerprint density at radius 1 is 0.628 bits per heavy atom. The molecule has 8 rings (SSSR count). The van der Waals surface area contributed by atoms with E-state index in [1.807, 2.05) is 0 Å². The monoisotopic (exact) mass is 563 g/mol. The van der Waals surface area contributed by atoms with Crippen molar-refractivity contribution in [3.05, 3.63) is 120 Å². The lowest BCUT2D eigenvalue weighted by molar-refractivity contribution is -0.400. The van der Waals surface area contributed by atoms with E-state index < -0.39 is 0 Å². The van der Waals surface area contributed by atoms with Crippen molar-refractivity contribution in [2.45, 2.75) is 75.0 Å². The maximum absolute atomic E-state index is 2.51. The lowest BCUT2D eigenvalue weighted by Crippen LogP contribution is -2.36. The fourth-order valence-electron chi connectivity index (χ4n) is 9.43. The Kier molecular flexibility index (Phi) is 6.44. The Balaban J connectivity index is 1.16. The van der Waals surface area contributed by atoms with Crippen LogP contribution in [0.15, 0.2) is 109 Å². The molecule has 0 atom stereocenters. The number of likely N-dealkylation sites (N-methyl/N-ethyl adjacent to an activating group) is 1. The molecule has 2 spiro atoms. The molecule has 0 saturated heterocycles. The number of fused-ring (bicyclic) bond motifs is 8. The zero-order chi connectivity index (χ0) is 29.0. The summed E-state index contributed by atoms with van der Waals surface area (Å²) in [4.78, 5) is 2.51. The van der Waals surface area contributed by atoms with Gasteiger partial charge in [-0.1, -0.05) is 123 Å². The molecule has 0 amide bonds. The average Bonchev–Trinajstić information content (AvgIpc) is 3.42. The number of anilines is 1. The number of hydrogen-bond donors (Lipinski definition) is 0. The van der Waals surface area contributed by atoms with Crippen molar-refractivity contribution in [3.63, 3.8) is 0 Å². The predicted molar refractivity (Wildman–Crippen MR) is 183 cm³/mol. The van der Waals surface area contributed by atoms with E-state index >= 15 is 0 Å². The maximum atomic E-state index is 2.51. The van der Waals surface area contributed by atoms with Crippen molar-refractivity contribution < 1.29 is 4.58 Å². The molecule has 2 nitrogen and oxygen atoms in total. The molecule has 43 heavy (non-hydrogen) atoms. The van der Waals surface area contributed by atoms with Crippen molar-refractivity contribution in [1.82, 2.24) is 0 Å². The second kappa shape index (κ2) is 10.4. The van der Waals surface area contributed by atoms with E-state index in [0.29, 0.717) is 0 Å². The highest BCUT2D eigenvalue weighted by atomic mass is 15.2. The molecule has 2 heteroatoms. The number of hydrogen-bond acceptors (Lipinski definition) is 1. The summed E-state index contributed by atoms with van der Waals surface area (Å²) in [5.74, 6) is 0. The maximum Gasteiger partial charge on any atom is 0.217 e. The first-order valence-electron chi connectivity index (χ1n) is 16.6. The van der Waals surface area contributed by atoms with Gasteiger partial charge in [0.15, 0.2) is 5.71 Å². The molecule has 216 valence electrons. The van der Waals surface area contributed by atoms with E-state index in [-0.39, 0.29) is 10.8 Å². The van der Waals surface area contributed by atoms with E-state index in [2.05, 4.69) is 127 Å². The molecule has 0 unspecified atom stereocenters. The van der Waals surface area contributed by atoms with Gasteiger partial charge in [-0.25, -0.2) is 0 Å². The second-order valence-electron chi connectivity index (χ2n) is 13.5. The molecule has 2 aliphatic carbocycles. The largest absolute Gasteiger partial charge is 0.347 e. The zero-order valence-electron chi connectivity index (χ0n) is 25.8. The molecule has 2 aliphatic heterocycles. The molecule has 4 aromatic rings. The van der Waals surface area contributed by atoms with E-state index in [0.717, 1.165) is 0 Å². The quantitative estimate of drug-likeness (QED) is 0.177. The van der Waals surface area contributed by atoms with Crippen LogP contribution in [0.1, 0.15) is 75.3 Å². The minimum Gasteiger partial charge on any atom is -0.347 e. The first-order valence-corrected chi connectivity index (χ1v) is 16.6. The molecule has 0 aromatic heterocycles. The highest BCUT2D eigenvalue weighted by Crippen LogP contribution is 2.56. The minimum absolute atomic E-state index is 0.135. The van der Waals surface area contributed by atoms with Crippen LogP contribution in [0, 0.1) is 0 Å². The van der Waals surface area contributed by atoms with Gasteiger partial charge in [0, 0.05) is 35.2 Å². The number of benzene rings is 4. The number of rotatable bonds is 3. The van der Waals surface area contributed by atoms with Crippen molar-refractivity contribution in [3.8, 4) is 0 Å². The Morgan fingerprint density at radius 3 is 1.95 bits per heavy atom. The Hall–Kier alpha value is -3.91. The SMILES string of the molecule is CN1/C(=C/C=C/C=C/C2=[N+](C)c3c(ccc4ccccc34)C23CCCCC3)C2(CCCCC2)c2ccc3ccccc3c21. The third kappa shape index (κ3) is 3.95. The van der Waals surface area contributed by atoms with E-state index in [1.165, 1.54) is 120 Å². The molecular formula is C41H43N2+. The summed E-state index contributed by atoms with van der Waals surface area (Å²) in [5.41, 5.74) is 9.12. The standard InChI is InChI=1S/C41H43N2/c1-42-36(40(26-12-4-13-27-40)34-24-22-30-16-8-10-18-32(30)38(34)42)20-6-3-7-21-37-41(28-14-5-15-29-41)35-25-23-31-17-9-11-19-33(31)39(35)43(37)2/h3,6-11,16-25H,4-5,12-15,26-29H2,1-2H3/q+1. The molecule has 4 aromatic carbocycles. The summed E-state index contributed by atoms with van der Waals surface area (Å²) in [6, 6.07) is 27.4. The Bertz CT molecular complexity index is 1850. The first-order chi connectivity index (χ1) is 21.1. The topological polar surface area (TPSA) is 6.25 Å². The van der Waals surface area contributed by atoms with Crippen LogP contribution < -0.4 is 4.90 Å². The average molecular weight is 564 g/mol. The van der Waals surface area contributed by atoms with E-state index in [4.69, 9.17) is 0 Å². The summed E-state index contributed by atoms with van der Waals surface area (Å²) in [6.45, 7) is 0. The fraction of sp³-hybridized carbons (Fsp3) is 0.341. The molecule has 0 radical (unpaired) electrons. The van der Waals surface area contributed by atoms with Crippen LogP contribution in [0.4, 0.5) is 11.4 Å². The van der Waals surface area contributed by atoms with Gasteiger partial charge >= 0.3 is 0 Å². The van der Waals surface area contributed by atoms with Gasteiger partial charge in [0.25, 0.3) is 0 Å². The van der Waals surface area contributed by atoms with Gasteiger partial charge in [-0.2, -0.15) is 4.58 Å². The molecule has 4 aliphatic rings. The predicted octanol–water partition coefficient (Wildman–Crippen LogP) is 10.3. The number of allylic oxidation sites excluding steroid dienone is 6. The third-order valence-electron chi connectivity index (χ3n) is 11.4. The molecular weight excluding hydrogens is 520 g/mol. The van der Waals surface area contributed by atoms with Crippen LogP contribution in [-0.2, 0) is 10.8 Å². The van der Waals surface area contributed by atoms with Crippen molar-refractivity contribution >= 4 is 38.6 Å². The van der Waals surface area contributed by atoms with Crippen molar-refractivity contribution in [1.29, 1.82) is 0 Å². The summed E-state index contributed by atoms with van der Waals surface area (Å²) in [6.07, 6.45) is 24.7. The van der Waals surface area contributed by atoms with Crippen molar-refractivity contribution in [2.24, 2.45) is 0 Å². The lowest BCUT2D eigenvalue weighted by Gasteiger charge is -2.36. The first kappa shape index (κ1) is 26.7. The Labute approximate surface area is 256 Å². The van der Waals surface area contributed by atoms with Gasteiger partial charge < -0.3 is 4.90 Å². The highest BCUT2D eigenvalue weighted by molar-refractivity contribution is 6.08. The Morgan fingerprint density at radius 2 is 1.23 bits per heavy atom. The van der Waals surface area contributed by atoms with Gasteiger partial charge in [0.1, 0.15) is 7.05 Å². The molecule has 0 N–H and O–H groups in total. The molecule has 0 bridgehead atoms. The fourth-order valence-corrected chi connectivity index (χ4v) is 9.43. The van der Waals surface area contributed by atoms with Crippen LogP contribution >= 0.6 is 0 Å². The second-order valence-corrected chi connectivity index (χ2v) is 13.5. The van der Waals surface area contributed by atoms with Gasteiger partial charge in [-0.05, 0) is 54.2 Å². The van der Waals surface area contributed by atoms with Gasteiger partial charge in [-0.15, -0.1) is 0 Å².